The van der Waals surface area contributed by atoms with Crippen molar-refractivity contribution in [3.63, 3.8) is 0 Å². The van der Waals surface area contributed by atoms with Gasteiger partial charge in [0.25, 0.3) is 0 Å². The summed E-state index contributed by atoms with van der Waals surface area (Å²) in [5, 5.41) is 10.6. The van der Waals surface area contributed by atoms with Crippen LogP contribution in [0.3, 0.4) is 0 Å². The summed E-state index contributed by atoms with van der Waals surface area (Å²) < 4.78 is 68.7. The van der Waals surface area contributed by atoms with Gasteiger partial charge in [-0.3, -0.25) is 37.3 Å². The normalized spacial score (nSPS) is 14.6. The van der Waals surface area contributed by atoms with Gasteiger partial charge in [0.05, 0.1) is 26.4 Å². The Balaban J connectivity index is 5.25. The number of phosphoric ester groups is 2. The fraction of sp³-hybridized carbons (Fsp3) is 0.951. The summed E-state index contributed by atoms with van der Waals surface area (Å²) in [4.78, 5) is 73.0. The van der Waals surface area contributed by atoms with Gasteiger partial charge in [-0.15, -0.1) is 0 Å². The maximum Gasteiger partial charge on any atom is 0.472 e. The van der Waals surface area contributed by atoms with E-state index in [1.54, 1.807) is 0 Å². The van der Waals surface area contributed by atoms with Crippen LogP contribution in [0.25, 0.3) is 0 Å². The average Bonchev–Trinajstić information content (AvgIpc) is 0.945. The van der Waals surface area contributed by atoms with Gasteiger partial charge >= 0.3 is 39.5 Å². The molecule has 0 aromatic rings. The van der Waals surface area contributed by atoms with Gasteiger partial charge in [-0.05, 0) is 49.4 Å². The van der Waals surface area contributed by atoms with E-state index < -0.39 is 97.5 Å². The van der Waals surface area contributed by atoms with Gasteiger partial charge in [-0.25, -0.2) is 9.13 Å². The highest BCUT2D eigenvalue weighted by Crippen LogP contribution is 2.45. The van der Waals surface area contributed by atoms with Gasteiger partial charge in [0.1, 0.15) is 19.3 Å². The van der Waals surface area contributed by atoms with Crippen molar-refractivity contribution < 1.29 is 80.2 Å². The largest absolute Gasteiger partial charge is 0.472 e. The molecule has 0 aromatic carbocycles. The molecule has 7 atom stereocenters. The smallest absolute Gasteiger partial charge is 0.462 e. The molecule has 0 radical (unpaired) electrons. The first-order valence-electron chi connectivity index (χ1n) is 41.8. The highest BCUT2D eigenvalue weighted by atomic mass is 31.2. The predicted octanol–water partition coefficient (Wildman–Crippen LogP) is 24.0. The minimum absolute atomic E-state index is 0.106. The van der Waals surface area contributed by atoms with Gasteiger partial charge in [0.15, 0.2) is 12.2 Å². The molecule has 0 aliphatic heterocycles. The van der Waals surface area contributed by atoms with Crippen LogP contribution in [0.4, 0.5) is 0 Å². The molecule has 0 aromatic heterocycles. The molecule has 17 nitrogen and oxygen atoms in total. The van der Waals surface area contributed by atoms with Gasteiger partial charge in [0, 0.05) is 25.7 Å². The molecule has 0 aliphatic carbocycles. The van der Waals surface area contributed by atoms with Gasteiger partial charge in [-0.2, -0.15) is 0 Å². The second kappa shape index (κ2) is 70.1. The van der Waals surface area contributed by atoms with Crippen LogP contribution < -0.4 is 0 Å². The summed E-state index contributed by atoms with van der Waals surface area (Å²) >= 11 is 0. The molecule has 594 valence electrons. The predicted molar refractivity (Wildman–Crippen MR) is 409 cm³/mol. The molecular formula is C81H158O17P2. The number of hydrogen-bond acceptors (Lipinski definition) is 15. The van der Waals surface area contributed by atoms with Crippen LogP contribution in [0, 0.1) is 23.7 Å². The van der Waals surface area contributed by atoms with E-state index in [0.717, 1.165) is 120 Å². The molecule has 3 N–H and O–H groups in total. The molecule has 0 saturated carbocycles. The lowest BCUT2D eigenvalue weighted by atomic mass is 9.99. The Hall–Kier alpha value is -1.94. The van der Waals surface area contributed by atoms with Crippen molar-refractivity contribution in [2.24, 2.45) is 23.7 Å². The summed E-state index contributed by atoms with van der Waals surface area (Å²) in [6.45, 7) is 14.3. The molecule has 0 spiro atoms. The van der Waals surface area contributed by atoms with Crippen molar-refractivity contribution in [3.05, 3.63) is 0 Å². The molecule has 0 rings (SSSR count). The van der Waals surface area contributed by atoms with Crippen LogP contribution in [0.5, 0.6) is 0 Å². The van der Waals surface area contributed by atoms with E-state index in [9.17, 15) is 43.2 Å². The molecule has 0 bridgehead atoms. The number of esters is 4. The van der Waals surface area contributed by atoms with Crippen molar-refractivity contribution in [1.82, 2.24) is 0 Å². The SMILES string of the molecule is CCC(C)CCCCCCCCCCCCCCCCC(=O)O[C@H](COC(=O)CCCCCCCCC(C)CC)COP(=O)(O)OC[C@H](O)COP(=O)(O)OC[C@@H](COC(=O)CCCCCCCCCCCCCCCC(C)C)OC(=O)CCCCCCCCCCCCCCCC(C)C. The average molecular weight is 1470 g/mol. The van der Waals surface area contributed by atoms with E-state index in [-0.39, 0.29) is 25.7 Å². The number of carbonyl (C=O) groups is 4. The monoisotopic (exact) mass is 1470 g/mol. The van der Waals surface area contributed by atoms with Crippen LogP contribution in [0.15, 0.2) is 0 Å². The highest BCUT2D eigenvalue weighted by molar-refractivity contribution is 7.47. The second-order valence-electron chi connectivity index (χ2n) is 30.6. The summed E-state index contributed by atoms with van der Waals surface area (Å²) in [6.07, 6.45) is 56.8. The quantitative estimate of drug-likeness (QED) is 0.0222. The third-order valence-electron chi connectivity index (χ3n) is 19.5. The zero-order valence-electron chi connectivity index (χ0n) is 65.8. The van der Waals surface area contributed by atoms with Crippen molar-refractivity contribution in [2.75, 3.05) is 39.6 Å². The number of carbonyl (C=O) groups excluding carboxylic acids is 4. The molecule has 0 fully saturated rings. The van der Waals surface area contributed by atoms with Crippen LogP contribution in [-0.4, -0.2) is 96.7 Å². The standard InChI is InChI=1S/C81H158O17P2/c1-9-73(7)59-51-43-35-29-23-17-11-12-18-25-31-37-47-55-63-81(86)98-77(68-92-79(84)62-54-46-40-39-44-52-60-74(8)10-2)70-96-100(89,90)94-66-75(82)65-93-99(87,88)95-69-76(97-80(85)64-56-48-38-32-26-20-14-16-22-28-34-42-50-58-72(5)6)67-91-78(83)61-53-45-36-30-24-19-13-15-21-27-33-41-49-57-71(3)4/h71-77,82H,9-70H2,1-8H3,(H,87,88)(H,89,90)/t73?,74?,75-,76-,77-/m1/s1. The molecule has 0 amide bonds. The highest BCUT2D eigenvalue weighted by Gasteiger charge is 2.30. The number of aliphatic hydroxyl groups excluding tert-OH is 1. The van der Waals surface area contributed by atoms with E-state index in [4.69, 9.17) is 37.0 Å². The summed E-state index contributed by atoms with van der Waals surface area (Å²) in [5.41, 5.74) is 0. The van der Waals surface area contributed by atoms with Crippen molar-refractivity contribution >= 4 is 39.5 Å². The van der Waals surface area contributed by atoms with Crippen molar-refractivity contribution in [2.45, 2.75) is 433 Å². The maximum absolute atomic E-state index is 13.1. The van der Waals surface area contributed by atoms with Gasteiger partial charge < -0.3 is 33.8 Å². The summed E-state index contributed by atoms with van der Waals surface area (Å²) in [6, 6.07) is 0. The zero-order chi connectivity index (χ0) is 73.8. The third-order valence-corrected chi connectivity index (χ3v) is 21.4. The fourth-order valence-corrected chi connectivity index (χ4v) is 13.9. The topological polar surface area (TPSA) is 237 Å². The summed E-state index contributed by atoms with van der Waals surface area (Å²) in [5.74, 6) is 1.04. The number of aliphatic hydroxyl groups is 1. The number of hydrogen-bond donors (Lipinski definition) is 3. The Labute approximate surface area is 613 Å². The number of ether oxygens (including phenoxy) is 4. The van der Waals surface area contributed by atoms with E-state index in [1.165, 1.54) is 212 Å². The van der Waals surface area contributed by atoms with Gasteiger partial charge in [0.2, 0.25) is 0 Å². The minimum atomic E-state index is -4.96. The van der Waals surface area contributed by atoms with Crippen molar-refractivity contribution in [1.29, 1.82) is 0 Å². The Bertz CT molecular complexity index is 1960. The molecule has 4 unspecified atom stereocenters. The molecule has 0 saturated heterocycles. The molecule has 0 heterocycles. The second-order valence-corrected chi connectivity index (χ2v) is 33.5. The van der Waals surface area contributed by atoms with Crippen LogP contribution in [-0.2, 0) is 65.4 Å². The minimum Gasteiger partial charge on any atom is -0.462 e. The van der Waals surface area contributed by atoms with Crippen molar-refractivity contribution in [3.8, 4) is 0 Å². The summed E-state index contributed by atoms with van der Waals surface area (Å²) in [7, 11) is -9.92. The van der Waals surface area contributed by atoms with Crippen LogP contribution in [0.1, 0.15) is 415 Å². The molecule has 100 heavy (non-hydrogen) atoms. The maximum atomic E-state index is 13.1. The molecule has 0 aliphatic rings. The lowest BCUT2D eigenvalue weighted by Crippen LogP contribution is -2.30. The number of phosphoric acid groups is 2. The van der Waals surface area contributed by atoms with E-state index >= 15 is 0 Å². The lowest BCUT2D eigenvalue weighted by molar-refractivity contribution is -0.161. The zero-order valence-corrected chi connectivity index (χ0v) is 67.6. The van der Waals surface area contributed by atoms with E-state index in [2.05, 4.69) is 55.4 Å². The van der Waals surface area contributed by atoms with E-state index in [1.807, 2.05) is 0 Å². The van der Waals surface area contributed by atoms with Crippen LogP contribution in [0.2, 0.25) is 0 Å². The number of rotatable bonds is 78. The molecule has 19 heteroatoms. The Morgan fingerprint density at radius 2 is 0.480 bits per heavy atom. The third kappa shape index (κ3) is 71.7. The Kier molecular flexibility index (Phi) is 68.7. The Morgan fingerprint density at radius 3 is 0.710 bits per heavy atom. The van der Waals surface area contributed by atoms with Crippen LogP contribution >= 0.6 is 15.6 Å². The first-order chi connectivity index (χ1) is 48.2. The van der Waals surface area contributed by atoms with E-state index in [0.29, 0.717) is 25.7 Å². The van der Waals surface area contributed by atoms with Gasteiger partial charge in [-0.1, -0.05) is 364 Å². The number of unbranched alkanes of at least 4 members (excludes halogenated alkanes) is 42. The Morgan fingerprint density at radius 1 is 0.280 bits per heavy atom. The molecular weight excluding hydrogens is 1310 g/mol. The first-order valence-corrected chi connectivity index (χ1v) is 44.8. The fourth-order valence-electron chi connectivity index (χ4n) is 12.4. The first kappa shape index (κ1) is 98.1. The lowest BCUT2D eigenvalue weighted by Gasteiger charge is -2.21.